The number of carbonyl (C=O) groups excluding carboxylic acids is 2. The van der Waals surface area contributed by atoms with Crippen LogP contribution >= 0.6 is 0 Å². The van der Waals surface area contributed by atoms with Crippen LogP contribution in [0.25, 0.3) is 0 Å². The van der Waals surface area contributed by atoms with Crippen molar-refractivity contribution in [1.82, 2.24) is 15.3 Å². The molecule has 1 fully saturated rings. The Balaban J connectivity index is 1.41. The zero-order valence-electron chi connectivity index (χ0n) is 14.0. The fourth-order valence-corrected chi connectivity index (χ4v) is 3.14. The van der Waals surface area contributed by atoms with Crippen LogP contribution in [-0.4, -0.2) is 28.3 Å². The smallest absolute Gasteiger partial charge is 0.252 e. The van der Waals surface area contributed by atoms with E-state index in [1.54, 1.807) is 49.1 Å². The lowest BCUT2D eigenvalue weighted by molar-refractivity contribution is -0.121. The van der Waals surface area contributed by atoms with Crippen molar-refractivity contribution in [3.05, 3.63) is 54.6 Å². The molecule has 6 nitrogen and oxygen atoms in total. The Hall–Kier alpha value is -2.76. The number of hydrogen-bond donors (Lipinski definition) is 2. The molecule has 2 amide bonds. The average Bonchev–Trinajstić information content (AvgIpc) is 2.68. The molecule has 0 saturated heterocycles. The largest absolute Gasteiger partial charge is 0.352 e. The fraction of sp³-hybridized carbons (Fsp3) is 0.368. The molecule has 6 heteroatoms. The lowest BCUT2D eigenvalue weighted by atomic mass is 9.81. The van der Waals surface area contributed by atoms with Crippen LogP contribution in [0, 0.1) is 11.8 Å². The first-order valence-corrected chi connectivity index (χ1v) is 8.61. The van der Waals surface area contributed by atoms with Gasteiger partial charge in [0.1, 0.15) is 0 Å². The molecule has 25 heavy (non-hydrogen) atoms. The summed E-state index contributed by atoms with van der Waals surface area (Å²) in [7, 11) is 0. The minimum Gasteiger partial charge on any atom is -0.352 e. The van der Waals surface area contributed by atoms with Gasteiger partial charge in [-0.1, -0.05) is 0 Å². The van der Waals surface area contributed by atoms with E-state index in [9.17, 15) is 9.59 Å². The van der Waals surface area contributed by atoms with Gasteiger partial charge >= 0.3 is 0 Å². The predicted octanol–water partition coefficient (Wildman–Crippen LogP) is 2.65. The van der Waals surface area contributed by atoms with Crippen molar-refractivity contribution in [2.45, 2.75) is 25.7 Å². The van der Waals surface area contributed by atoms with Crippen LogP contribution < -0.4 is 10.6 Å². The van der Waals surface area contributed by atoms with Crippen LogP contribution in [0.4, 0.5) is 5.69 Å². The summed E-state index contributed by atoms with van der Waals surface area (Å²) in [6.45, 7) is 0.645. The average molecular weight is 338 g/mol. The van der Waals surface area contributed by atoms with E-state index >= 15 is 0 Å². The number of amides is 2. The first-order valence-electron chi connectivity index (χ1n) is 8.61. The molecule has 0 radical (unpaired) electrons. The van der Waals surface area contributed by atoms with E-state index in [1.165, 1.54) is 0 Å². The monoisotopic (exact) mass is 338 g/mol. The van der Waals surface area contributed by atoms with E-state index in [-0.39, 0.29) is 17.7 Å². The van der Waals surface area contributed by atoms with E-state index in [2.05, 4.69) is 20.6 Å². The van der Waals surface area contributed by atoms with Crippen molar-refractivity contribution in [3.8, 4) is 0 Å². The number of pyridine rings is 2. The minimum atomic E-state index is -0.0920. The topological polar surface area (TPSA) is 84.0 Å². The predicted molar refractivity (Wildman–Crippen MR) is 94.9 cm³/mol. The van der Waals surface area contributed by atoms with Crippen LogP contribution in [0.5, 0.6) is 0 Å². The molecular formula is C19H22N4O2. The van der Waals surface area contributed by atoms with Crippen LogP contribution in [0.2, 0.25) is 0 Å². The number of carbonyl (C=O) groups is 2. The molecule has 3 rings (SSSR count). The highest BCUT2D eigenvalue weighted by molar-refractivity contribution is 5.94. The third-order valence-corrected chi connectivity index (χ3v) is 4.64. The molecule has 0 aromatic carbocycles. The molecule has 130 valence electrons. The van der Waals surface area contributed by atoms with Crippen molar-refractivity contribution >= 4 is 17.5 Å². The number of anilines is 1. The highest BCUT2D eigenvalue weighted by atomic mass is 16.2. The Bertz CT molecular complexity index is 698. The molecule has 1 aliphatic carbocycles. The Morgan fingerprint density at radius 2 is 1.76 bits per heavy atom. The third-order valence-electron chi connectivity index (χ3n) is 4.64. The van der Waals surface area contributed by atoms with Gasteiger partial charge in [0.05, 0.1) is 5.56 Å². The summed E-state index contributed by atoms with van der Waals surface area (Å²) in [5, 5.41) is 5.91. The van der Waals surface area contributed by atoms with E-state index in [0.29, 0.717) is 18.0 Å². The molecule has 0 unspecified atom stereocenters. The van der Waals surface area contributed by atoms with Crippen LogP contribution in [0.3, 0.4) is 0 Å². The van der Waals surface area contributed by atoms with Crippen molar-refractivity contribution in [2.24, 2.45) is 11.8 Å². The maximum absolute atomic E-state index is 12.3. The first-order chi connectivity index (χ1) is 12.2. The number of nitrogens with zero attached hydrogens (tertiary/aromatic N) is 2. The highest BCUT2D eigenvalue weighted by Gasteiger charge is 2.26. The molecule has 0 spiro atoms. The van der Waals surface area contributed by atoms with Gasteiger partial charge in [-0.2, -0.15) is 0 Å². The van der Waals surface area contributed by atoms with Crippen LogP contribution in [0.1, 0.15) is 36.0 Å². The van der Waals surface area contributed by atoms with E-state index in [0.717, 1.165) is 31.4 Å². The second-order valence-corrected chi connectivity index (χ2v) is 6.39. The van der Waals surface area contributed by atoms with Gasteiger partial charge in [0, 0.05) is 42.9 Å². The van der Waals surface area contributed by atoms with Crippen molar-refractivity contribution in [3.63, 3.8) is 0 Å². The summed E-state index contributed by atoms with van der Waals surface area (Å²) in [4.78, 5) is 32.3. The summed E-state index contributed by atoms with van der Waals surface area (Å²) in [5.74, 6) is 0.443. The van der Waals surface area contributed by atoms with Gasteiger partial charge in [-0.25, -0.2) is 0 Å². The lowest BCUT2D eigenvalue weighted by Gasteiger charge is -2.27. The van der Waals surface area contributed by atoms with Gasteiger partial charge in [-0.15, -0.1) is 0 Å². The maximum Gasteiger partial charge on any atom is 0.252 e. The molecular weight excluding hydrogens is 316 g/mol. The van der Waals surface area contributed by atoms with E-state index in [4.69, 9.17) is 0 Å². The number of hydrogen-bond acceptors (Lipinski definition) is 4. The zero-order valence-corrected chi connectivity index (χ0v) is 14.0. The standard InChI is InChI=1S/C19H22N4O2/c24-18(16-2-1-9-21-13-16)22-12-14-3-5-15(6-4-14)19(25)23-17-7-10-20-11-8-17/h1-2,7-11,13-15H,3-6,12H2,(H,22,24)(H,20,23,25). The summed E-state index contributed by atoms with van der Waals surface area (Å²) in [5.41, 5.74) is 1.36. The Morgan fingerprint density at radius 1 is 1.00 bits per heavy atom. The van der Waals surface area contributed by atoms with Crippen molar-refractivity contribution in [2.75, 3.05) is 11.9 Å². The van der Waals surface area contributed by atoms with Crippen molar-refractivity contribution < 1.29 is 9.59 Å². The lowest BCUT2D eigenvalue weighted by Crippen LogP contribution is -2.33. The van der Waals surface area contributed by atoms with Gasteiger partial charge < -0.3 is 10.6 Å². The molecule has 0 bridgehead atoms. The molecule has 0 atom stereocenters. The summed E-state index contributed by atoms with van der Waals surface area (Å²) in [6, 6.07) is 7.08. The first kappa shape index (κ1) is 17.1. The van der Waals surface area contributed by atoms with Gasteiger partial charge in [0.15, 0.2) is 0 Å². The van der Waals surface area contributed by atoms with Gasteiger partial charge in [-0.05, 0) is 55.9 Å². The van der Waals surface area contributed by atoms with E-state index in [1.807, 2.05) is 0 Å². The third kappa shape index (κ3) is 4.86. The normalized spacial score (nSPS) is 19.8. The Labute approximate surface area is 147 Å². The summed E-state index contributed by atoms with van der Waals surface area (Å²) < 4.78 is 0. The fourth-order valence-electron chi connectivity index (χ4n) is 3.14. The molecule has 2 aromatic rings. The molecule has 1 aliphatic rings. The van der Waals surface area contributed by atoms with Gasteiger partial charge in [0.2, 0.25) is 5.91 Å². The highest BCUT2D eigenvalue weighted by Crippen LogP contribution is 2.29. The molecule has 0 aliphatic heterocycles. The minimum absolute atomic E-state index is 0.0402. The zero-order chi connectivity index (χ0) is 17.5. The van der Waals surface area contributed by atoms with Crippen LogP contribution in [-0.2, 0) is 4.79 Å². The Kier molecular flexibility index (Phi) is 5.72. The summed E-state index contributed by atoms with van der Waals surface area (Å²) in [6.07, 6.45) is 10.1. The number of aromatic nitrogens is 2. The van der Waals surface area contributed by atoms with Gasteiger partial charge in [0.25, 0.3) is 5.91 Å². The molecule has 2 aromatic heterocycles. The van der Waals surface area contributed by atoms with Gasteiger partial charge in [-0.3, -0.25) is 19.6 Å². The molecule has 2 heterocycles. The Morgan fingerprint density at radius 3 is 2.44 bits per heavy atom. The molecule has 1 saturated carbocycles. The van der Waals surface area contributed by atoms with E-state index < -0.39 is 0 Å². The number of rotatable bonds is 5. The summed E-state index contributed by atoms with van der Waals surface area (Å²) >= 11 is 0. The second kappa shape index (κ2) is 8.37. The van der Waals surface area contributed by atoms with Crippen molar-refractivity contribution in [1.29, 1.82) is 0 Å². The quantitative estimate of drug-likeness (QED) is 0.878. The molecule has 2 N–H and O–H groups in total. The van der Waals surface area contributed by atoms with Crippen LogP contribution in [0.15, 0.2) is 49.1 Å². The number of nitrogens with one attached hydrogen (secondary N) is 2. The maximum atomic E-state index is 12.3. The SMILES string of the molecule is O=C(NCC1CCC(C(=O)Nc2ccncc2)CC1)c1cccnc1. The second-order valence-electron chi connectivity index (χ2n) is 6.39.